The fourth-order valence-corrected chi connectivity index (χ4v) is 4.25. The summed E-state index contributed by atoms with van der Waals surface area (Å²) in [6, 6.07) is 0.721. The van der Waals surface area contributed by atoms with Crippen LogP contribution in [-0.4, -0.2) is 53.0 Å². The van der Waals surface area contributed by atoms with Gasteiger partial charge in [0.05, 0.1) is 0 Å². The number of aromatic nitrogens is 2. The molecule has 0 bridgehead atoms. The Morgan fingerprint density at radius 1 is 1.00 bits per heavy atom. The summed E-state index contributed by atoms with van der Waals surface area (Å²) in [5, 5.41) is 0. The molecule has 4 nitrogen and oxygen atoms in total. The van der Waals surface area contributed by atoms with Crippen molar-refractivity contribution in [2.75, 3.05) is 27.2 Å². The third-order valence-corrected chi connectivity index (χ3v) is 5.74. The molecule has 1 aliphatic heterocycles. The van der Waals surface area contributed by atoms with Gasteiger partial charge in [-0.25, -0.2) is 9.97 Å². The van der Waals surface area contributed by atoms with Crippen LogP contribution in [0.4, 0.5) is 0 Å². The Hall–Kier alpha value is -1.00. The number of likely N-dealkylation sites (tertiary alicyclic amines) is 1. The number of hydrogen-bond donors (Lipinski definition) is 0. The molecule has 0 unspecified atom stereocenters. The largest absolute Gasteiger partial charge is 0.309 e. The van der Waals surface area contributed by atoms with Crippen molar-refractivity contribution in [2.24, 2.45) is 0 Å². The van der Waals surface area contributed by atoms with Gasteiger partial charge in [0.1, 0.15) is 5.82 Å². The topological polar surface area (TPSA) is 32.3 Å². The van der Waals surface area contributed by atoms with Gasteiger partial charge in [-0.15, -0.1) is 0 Å². The van der Waals surface area contributed by atoms with Crippen LogP contribution in [-0.2, 0) is 6.54 Å². The standard InChI is InChI=1S/C20H34N4/c1-23(2)13-11-19-10-6-7-12-24(19)16-17-14-21-20(22-15-17)18-8-4-3-5-9-18/h14-15,18-19H,3-13,16H2,1-2H3/t19-/m1/s1. The molecule has 4 heteroatoms. The lowest BCUT2D eigenvalue weighted by Crippen LogP contribution is -2.40. The van der Waals surface area contributed by atoms with E-state index in [1.54, 1.807) is 0 Å². The predicted molar refractivity (Wildman–Crippen MR) is 99.1 cm³/mol. The molecule has 1 saturated heterocycles. The highest BCUT2D eigenvalue weighted by molar-refractivity contribution is 5.08. The maximum atomic E-state index is 4.72. The molecule has 1 aliphatic carbocycles. The lowest BCUT2D eigenvalue weighted by molar-refractivity contribution is 0.124. The Kier molecular flexibility index (Phi) is 6.61. The second-order valence-electron chi connectivity index (χ2n) is 8.00. The molecular formula is C20H34N4. The smallest absolute Gasteiger partial charge is 0.131 e. The average molecular weight is 331 g/mol. The highest BCUT2D eigenvalue weighted by Gasteiger charge is 2.23. The van der Waals surface area contributed by atoms with E-state index < -0.39 is 0 Å². The number of rotatable bonds is 6. The third-order valence-electron chi connectivity index (χ3n) is 5.74. The summed E-state index contributed by atoms with van der Waals surface area (Å²) in [6.07, 6.45) is 16.1. The molecule has 24 heavy (non-hydrogen) atoms. The first-order valence-electron chi connectivity index (χ1n) is 9.92. The second-order valence-corrected chi connectivity index (χ2v) is 8.00. The molecule has 0 N–H and O–H groups in total. The average Bonchev–Trinajstić information content (AvgIpc) is 2.62. The van der Waals surface area contributed by atoms with Gasteiger partial charge in [0.15, 0.2) is 0 Å². The summed E-state index contributed by atoms with van der Waals surface area (Å²) in [6.45, 7) is 3.42. The summed E-state index contributed by atoms with van der Waals surface area (Å²) in [4.78, 5) is 14.4. The minimum atomic E-state index is 0.607. The minimum Gasteiger partial charge on any atom is -0.309 e. The second kappa shape index (κ2) is 8.91. The van der Waals surface area contributed by atoms with Gasteiger partial charge in [0.2, 0.25) is 0 Å². The van der Waals surface area contributed by atoms with Crippen LogP contribution < -0.4 is 0 Å². The fourth-order valence-electron chi connectivity index (χ4n) is 4.25. The van der Waals surface area contributed by atoms with Crippen LogP contribution in [0.25, 0.3) is 0 Å². The lowest BCUT2D eigenvalue weighted by atomic mass is 9.89. The van der Waals surface area contributed by atoms with E-state index in [4.69, 9.17) is 9.97 Å². The van der Waals surface area contributed by atoms with Crippen molar-refractivity contribution >= 4 is 0 Å². The van der Waals surface area contributed by atoms with Crippen molar-refractivity contribution in [2.45, 2.75) is 76.3 Å². The van der Waals surface area contributed by atoms with E-state index in [0.717, 1.165) is 18.4 Å². The Bertz CT molecular complexity index is 479. The molecule has 1 atom stereocenters. The molecule has 0 spiro atoms. The van der Waals surface area contributed by atoms with E-state index in [-0.39, 0.29) is 0 Å². The Morgan fingerprint density at radius 3 is 2.42 bits per heavy atom. The quantitative estimate of drug-likeness (QED) is 0.793. The number of nitrogens with zero attached hydrogens (tertiary/aromatic N) is 4. The first-order chi connectivity index (χ1) is 11.7. The van der Waals surface area contributed by atoms with E-state index in [0.29, 0.717) is 5.92 Å². The predicted octanol–water partition coefficient (Wildman–Crippen LogP) is 3.83. The molecule has 2 aliphatic rings. The van der Waals surface area contributed by atoms with Crippen molar-refractivity contribution in [3.8, 4) is 0 Å². The zero-order chi connectivity index (χ0) is 16.8. The molecule has 2 fully saturated rings. The fraction of sp³-hybridized carbons (Fsp3) is 0.800. The summed E-state index contributed by atoms with van der Waals surface area (Å²) >= 11 is 0. The molecule has 134 valence electrons. The van der Waals surface area contributed by atoms with Gasteiger partial charge in [-0.05, 0) is 59.3 Å². The van der Waals surface area contributed by atoms with Gasteiger partial charge in [-0.2, -0.15) is 0 Å². The van der Waals surface area contributed by atoms with E-state index in [2.05, 4.69) is 36.3 Å². The maximum Gasteiger partial charge on any atom is 0.131 e. The normalized spacial score (nSPS) is 23.7. The third kappa shape index (κ3) is 5.00. The van der Waals surface area contributed by atoms with Crippen molar-refractivity contribution in [3.63, 3.8) is 0 Å². The molecule has 1 aromatic rings. The van der Waals surface area contributed by atoms with Crippen molar-refractivity contribution in [1.29, 1.82) is 0 Å². The van der Waals surface area contributed by atoms with Gasteiger partial charge < -0.3 is 4.90 Å². The summed E-state index contributed by atoms with van der Waals surface area (Å²) in [5.74, 6) is 1.69. The monoisotopic (exact) mass is 330 g/mol. The highest BCUT2D eigenvalue weighted by atomic mass is 15.2. The van der Waals surface area contributed by atoms with Gasteiger partial charge in [-0.3, -0.25) is 4.90 Å². The Morgan fingerprint density at radius 2 is 1.71 bits per heavy atom. The Labute approximate surface area is 147 Å². The molecule has 1 aromatic heterocycles. The van der Waals surface area contributed by atoms with Crippen LogP contribution in [0.1, 0.15) is 75.1 Å². The molecule has 2 heterocycles. The van der Waals surface area contributed by atoms with E-state index in [9.17, 15) is 0 Å². The first-order valence-corrected chi connectivity index (χ1v) is 9.92. The number of hydrogen-bond acceptors (Lipinski definition) is 4. The van der Waals surface area contributed by atoms with Gasteiger partial charge in [0.25, 0.3) is 0 Å². The van der Waals surface area contributed by atoms with Crippen molar-refractivity contribution in [1.82, 2.24) is 19.8 Å². The van der Waals surface area contributed by atoms with Crippen LogP contribution in [0, 0.1) is 0 Å². The summed E-state index contributed by atoms with van der Waals surface area (Å²) in [7, 11) is 4.34. The minimum absolute atomic E-state index is 0.607. The van der Waals surface area contributed by atoms with Crippen LogP contribution in [0.3, 0.4) is 0 Å². The van der Waals surface area contributed by atoms with E-state index in [1.807, 2.05) is 0 Å². The van der Waals surface area contributed by atoms with Gasteiger partial charge in [-0.1, -0.05) is 25.7 Å². The highest BCUT2D eigenvalue weighted by Crippen LogP contribution is 2.30. The lowest BCUT2D eigenvalue weighted by Gasteiger charge is -2.36. The molecule has 0 amide bonds. The van der Waals surface area contributed by atoms with Gasteiger partial charge >= 0.3 is 0 Å². The van der Waals surface area contributed by atoms with Crippen LogP contribution in [0.15, 0.2) is 12.4 Å². The zero-order valence-corrected chi connectivity index (χ0v) is 15.6. The van der Waals surface area contributed by atoms with Crippen molar-refractivity contribution < 1.29 is 0 Å². The van der Waals surface area contributed by atoms with E-state index in [1.165, 1.54) is 76.4 Å². The number of piperidine rings is 1. The molecule has 1 saturated carbocycles. The maximum absolute atomic E-state index is 4.72. The van der Waals surface area contributed by atoms with Crippen LogP contribution in [0.5, 0.6) is 0 Å². The SMILES string of the molecule is CN(C)CC[C@H]1CCCCN1Cc1cnc(C2CCCCC2)nc1. The van der Waals surface area contributed by atoms with E-state index >= 15 is 0 Å². The Balaban J connectivity index is 1.57. The molecule has 3 rings (SSSR count). The summed E-state index contributed by atoms with van der Waals surface area (Å²) in [5.41, 5.74) is 1.28. The molecular weight excluding hydrogens is 296 g/mol. The van der Waals surface area contributed by atoms with Crippen LogP contribution in [0.2, 0.25) is 0 Å². The van der Waals surface area contributed by atoms with Crippen LogP contribution >= 0.6 is 0 Å². The first kappa shape index (κ1) is 17.8. The summed E-state index contributed by atoms with van der Waals surface area (Å²) < 4.78 is 0. The zero-order valence-electron chi connectivity index (χ0n) is 15.6. The van der Waals surface area contributed by atoms with Crippen molar-refractivity contribution in [3.05, 3.63) is 23.8 Å². The molecule has 0 radical (unpaired) electrons. The van der Waals surface area contributed by atoms with Gasteiger partial charge in [0, 0.05) is 36.5 Å². The molecule has 0 aromatic carbocycles.